The van der Waals surface area contributed by atoms with Crippen molar-refractivity contribution in [1.29, 1.82) is 5.26 Å². The third-order valence-corrected chi connectivity index (χ3v) is 3.80. The maximum Gasteiger partial charge on any atom is 0.240 e. The highest BCUT2D eigenvalue weighted by atomic mass is 16.2. The van der Waals surface area contributed by atoms with E-state index in [1.807, 2.05) is 0 Å². The third-order valence-electron chi connectivity index (χ3n) is 3.80. The Morgan fingerprint density at radius 3 is 2.33 bits per heavy atom. The SMILES string of the molecule is N#CC1(C(=O)NC2CCCC2)CCCC1. The molecule has 15 heavy (non-hydrogen) atoms. The number of nitriles is 1. The highest BCUT2D eigenvalue weighted by Gasteiger charge is 2.42. The molecule has 0 bridgehead atoms. The van der Waals surface area contributed by atoms with Gasteiger partial charge in [-0.1, -0.05) is 25.7 Å². The predicted octanol–water partition coefficient (Wildman–Crippen LogP) is 2.13. The van der Waals surface area contributed by atoms with Crippen molar-refractivity contribution in [3.05, 3.63) is 0 Å². The maximum atomic E-state index is 12.0. The van der Waals surface area contributed by atoms with Crippen molar-refractivity contribution in [3.63, 3.8) is 0 Å². The molecule has 0 saturated heterocycles. The Bertz CT molecular complexity index is 280. The van der Waals surface area contributed by atoms with Crippen LogP contribution < -0.4 is 5.32 Å². The molecule has 0 heterocycles. The van der Waals surface area contributed by atoms with E-state index in [2.05, 4.69) is 11.4 Å². The highest BCUT2D eigenvalue weighted by molar-refractivity contribution is 5.86. The fourth-order valence-electron chi connectivity index (χ4n) is 2.76. The van der Waals surface area contributed by atoms with Crippen molar-refractivity contribution in [1.82, 2.24) is 5.32 Å². The second-order valence-electron chi connectivity index (χ2n) is 4.86. The van der Waals surface area contributed by atoms with Crippen LogP contribution in [0.15, 0.2) is 0 Å². The molecule has 82 valence electrons. The number of rotatable bonds is 2. The van der Waals surface area contributed by atoms with Gasteiger partial charge in [0.25, 0.3) is 0 Å². The lowest BCUT2D eigenvalue weighted by atomic mass is 9.86. The Hall–Kier alpha value is -1.04. The van der Waals surface area contributed by atoms with Crippen LogP contribution in [0.3, 0.4) is 0 Å². The van der Waals surface area contributed by atoms with E-state index in [1.165, 1.54) is 12.8 Å². The Labute approximate surface area is 90.8 Å². The predicted molar refractivity (Wildman–Crippen MR) is 56.9 cm³/mol. The van der Waals surface area contributed by atoms with Gasteiger partial charge in [-0.3, -0.25) is 4.79 Å². The monoisotopic (exact) mass is 206 g/mol. The number of amides is 1. The molecule has 0 aliphatic heterocycles. The van der Waals surface area contributed by atoms with Crippen LogP contribution >= 0.6 is 0 Å². The van der Waals surface area contributed by atoms with E-state index in [-0.39, 0.29) is 5.91 Å². The molecular weight excluding hydrogens is 188 g/mol. The molecule has 3 heteroatoms. The average molecular weight is 206 g/mol. The van der Waals surface area contributed by atoms with Gasteiger partial charge in [0, 0.05) is 6.04 Å². The first kappa shape index (κ1) is 10.5. The molecule has 1 amide bonds. The Morgan fingerprint density at radius 1 is 1.20 bits per heavy atom. The fourth-order valence-corrected chi connectivity index (χ4v) is 2.76. The van der Waals surface area contributed by atoms with E-state index in [0.29, 0.717) is 6.04 Å². The summed E-state index contributed by atoms with van der Waals surface area (Å²) in [7, 11) is 0. The van der Waals surface area contributed by atoms with Crippen LogP contribution in [-0.4, -0.2) is 11.9 Å². The van der Waals surface area contributed by atoms with Gasteiger partial charge in [-0.15, -0.1) is 0 Å². The van der Waals surface area contributed by atoms with E-state index >= 15 is 0 Å². The standard InChI is InChI=1S/C12H18N2O/c13-9-12(7-3-4-8-12)11(15)14-10-5-1-2-6-10/h10H,1-8H2,(H,14,15). The van der Waals surface area contributed by atoms with Crippen molar-refractivity contribution in [3.8, 4) is 6.07 Å². The minimum atomic E-state index is -0.692. The summed E-state index contributed by atoms with van der Waals surface area (Å²) in [6.45, 7) is 0. The number of nitrogens with one attached hydrogen (secondary N) is 1. The molecule has 0 radical (unpaired) electrons. The van der Waals surface area contributed by atoms with Crippen LogP contribution in [0.5, 0.6) is 0 Å². The summed E-state index contributed by atoms with van der Waals surface area (Å²) in [6, 6.07) is 2.58. The van der Waals surface area contributed by atoms with Crippen LogP contribution in [0.25, 0.3) is 0 Å². The minimum absolute atomic E-state index is 0.00519. The van der Waals surface area contributed by atoms with Crippen molar-refractivity contribution < 1.29 is 4.79 Å². The van der Waals surface area contributed by atoms with Crippen LogP contribution in [0, 0.1) is 16.7 Å². The first-order valence-corrected chi connectivity index (χ1v) is 5.99. The third kappa shape index (κ3) is 1.99. The second-order valence-corrected chi connectivity index (χ2v) is 4.86. The normalized spacial score (nSPS) is 25.0. The van der Waals surface area contributed by atoms with E-state index in [1.54, 1.807) is 0 Å². The van der Waals surface area contributed by atoms with Crippen molar-refractivity contribution in [2.24, 2.45) is 5.41 Å². The first-order chi connectivity index (χ1) is 7.27. The van der Waals surface area contributed by atoms with Crippen molar-refractivity contribution in [2.45, 2.75) is 57.4 Å². The molecule has 0 aromatic heterocycles. The van der Waals surface area contributed by atoms with E-state index in [9.17, 15) is 4.79 Å². The number of nitrogens with zero attached hydrogens (tertiary/aromatic N) is 1. The van der Waals surface area contributed by atoms with Gasteiger partial charge in [0.2, 0.25) is 5.91 Å². The van der Waals surface area contributed by atoms with Gasteiger partial charge < -0.3 is 5.32 Å². The van der Waals surface area contributed by atoms with E-state index in [0.717, 1.165) is 38.5 Å². The molecule has 2 fully saturated rings. The molecule has 0 spiro atoms. The van der Waals surface area contributed by atoms with E-state index in [4.69, 9.17) is 5.26 Å². The minimum Gasteiger partial charge on any atom is -0.352 e. The van der Waals surface area contributed by atoms with Crippen molar-refractivity contribution >= 4 is 5.91 Å². The summed E-state index contributed by atoms with van der Waals surface area (Å²) in [6.07, 6.45) is 8.15. The molecule has 0 unspecified atom stereocenters. The summed E-state index contributed by atoms with van der Waals surface area (Å²) < 4.78 is 0. The van der Waals surface area contributed by atoms with Gasteiger partial charge >= 0.3 is 0 Å². The second kappa shape index (κ2) is 4.22. The number of carbonyl (C=O) groups is 1. The molecule has 0 atom stereocenters. The summed E-state index contributed by atoms with van der Waals surface area (Å²) in [5.41, 5.74) is -0.692. The summed E-state index contributed by atoms with van der Waals surface area (Å²) in [5.74, 6) is -0.00519. The molecule has 0 aromatic rings. The van der Waals surface area contributed by atoms with Gasteiger partial charge in [-0.2, -0.15) is 5.26 Å². The van der Waals surface area contributed by atoms with E-state index < -0.39 is 5.41 Å². The number of hydrogen-bond donors (Lipinski definition) is 1. The van der Waals surface area contributed by atoms with Gasteiger partial charge in [-0.25, -0.2) is 0 Å². The molecule has 0 aromatic carbocycles. The molecule has 3 nitrogen and oxygen atoms in total. The quantitative estimate of drug-likeness (QED) is 0.752. The average Bonchev–Trinajstić information content (AvgIpc) is 2.87. The Morgan fingerprint density at radius 2 is 1.80 bits per heavy atom. The molecule has 2 rings (SSSR count). The molecule has 2 aliphatic carbocycles. The Balaban J connectivity index is 1.96. The lowest BCUT2D eigenvalue weighted by molar-refractivity contribution is -0.128. The fraction of sp³-hybridized carbons (Fsp3) is 0.833. The lowest BCUT2D eigenvalue weighted by Crippen LogP contribution is -2.42. The van der Waals surface area contributed by atoms with Crippen LogP contribution in [0.4, 0.5) is 0 Å². The topological polar surface area (TPSA) is 52.9 Å². The zero-order valence-corrected chi connectivity index (χ0v) is 9.09. The van der Waals surface area contributed by atoms with Gasteiger partial charge in [0.1, 0.15) is 5.41 Å². The summed E-state index contributed by atoms with van der Waals surface area (Å²) in [4.78, 5) is 12.0. The first-order valence-electron chi connectivity index (χ1n) is 5.99. The number of hydrogen-bond acceptors (Lipinski definition) is 2. The lowest BCUT2D eigenvalue weighted by Gasteiger charge is -2.22. The number of carbonyl (C=O) groups excluding carboxylic acids is 1. The van der Waals surface area contributed by atoms with Crippen LogP contribution in [0.1, 0.15) is 51.4 Å². The zero-order chi connectivity index (χ0) is 10.7. The van der Waals surface area contributed by atoms with Crippen LogP contribution in [0.2, 0.25) is 0 Å². The summed E-state index contributed by atoms with van der Waals surface area (Å²) >= 11 is 0. The molecule has 1 N–H and O–H groups in total. The largest absolute Gasteiger partial charge is 0.352 e. The molecule has 2 aliphatic rings. The van der Waals surface area contributed by atoms with Gasteiger partial charge in [-0.05, 0) is 25.7 Å². The Kier molecular flexibility index (Phi) is 2.95. The van der Waals surface area contributed by atoms with Gasteiger partial charge in [0.15, 0.2) is 0 Å². The maximum absolute atomic E-state index is 12.0. The smallest absolute Gasteiger partial charge is 0.240 e. The highest BCUT2D eigenvalue weighted by Crippen LogP contribution is 2.38. The zero-order valence-electron chi connectivity index (χ0n) is 9.09. The molecule has 2 saturated carbocycles. The van der Waals surface area contributed by atoms with Gasteiger partial charge in [0.05, 0.1) is 6.07 Å². The van der Waals surface area contributed by atoms with Crippen molar-refractivity contribution in [2.75, 3.05) is 0 Å². The molecular formula is C12H18N2O. The summed E-state index contributed by atoms with van der Waals surface area (Å²) in [5, 5.41) is 12.2. The van der Waals surface area contributed by atoms with Crippen LogP contribution in [-0.2, 0) is 4.79 Å².